The molecule has 1 aromatic rings. The maximum Gasteiger partial charge on any atom is 0.150 e. The van der Waals surface area contributed by atoms with Gasteiger partial charge in [-0.1, -0.05) is 23.5 Å². The summed E-state index contributed by atoms with van der Waals surface area (Å²) in [5.74, 6) is 0.195. The van der Waals surface area contributed by atoms with E-state index in [-0.39, 0.29) is 17.1 Å². The number of fused-ring (bicyclic) bond motifs is 1. The van der Waals surface area contributed by atoms with E-state index >= 15 is 0 Å². The normalized spacial score (nSPS) is 12.7. The van der Waals surface area contributed by atoms with Crippen LogP contribution in [-0.4, -0.2) is 16.5 Å². The lowest BCUT2D eigenvalue weighted by Gasteiger charge is -2.11. The molecule has 0 saturated carbocycles. The highest BCUT2D eigenvalue weighted by Gasteiger charge is 2.30. The predicted molar refractivity (Wildman–Crippen MR) is 76.3 cm³/mol. The summed E-state index contributed by atoms with van der Waals surface area (Å²) in [6, 6.07) is 3.64. The summed E-state index contributed by atoms with van der Waals surface area (Å²) < 4.78 is 0.489. The molecule has 0 aliphatic carbocycles. The standard InChI is InChI=1S/C12H8N2O2S3/c1-5-7(15)10-11(8(16)9(5)17-2)19-12(18-10)6(3-13)4-14/h15-16H,1-2H3. The molecule has 0 atom stereocenters. The van der Waals surface area contributed by atoms with E-state index in [0.717, 1.165) is 23.5 Å². The fraction of sp³-hybridized carbons (Fsp3) is 0.167. The molecule has 0 amide bonds. The smallest absolute Gasteiger partial charge is 0.150 e. The summed E-state index contributed by atoms with van der Waals surface area (Å²) in [4.78, 5) is 1.63. The van der Waals surface area contributed by atoms with Gasteiger partial charge in [0.05, 0.1) is 18.9 Å². The summed E-state index contributed by atoms with van der Waals surface area (Å²) in [6.07, 6.45) is 1.81. The van der Waals surface area contributed by atoms with Gasteiger partial charge in [0.1, 0.15) is 29.2 Å². The van der Waals surface area contributed by atoms with Gasteiger partial charge in [-0.15, -0.1) is 11.8 Å². The maximum atomic E-state index is 10.2. The minimum absolute atomic E-state index is 0.00615. The number of nitriles is 2. The Morgan fingerprint density at radius 2 is 1.63 bits per heavy atom. The summed E-state index contributed by atoms with van der Waals surface area (Å²) in [5.41, 5.74) is 0.599. The highest BCUT2D eigenvalue weighted by Crippen LogP contribution is 2.61. The molecule has 0 bridgehead atoms. The van der Waals surface area contributed by atoms with Crippen LogP contribution < -0.4 is 0 Å². The van der Waals surface area contributed by atoms with Crippen molar-refractivity contribution in [2.75, 3.05) is 6.26 Å². The summed E-state index contributed by atoms with van der Waals surface area (Å²) >= 11 is 3.64. The van der Waals surface area contributed by atoms with Gasteiger partial charge >= 0.3 is 0 Å². The number of phenols is 2. The van der Waals surface area contributed by atoms with Gasteiger partial charge in [-0.2, -0.15) is 10.5 Å². The highest BCUT2D eigenvalue weighted by atomic mass is 32.2. The Balaban J connectivity index is 2.67. The second-order valence-corrected chi connectivity index (χ2v) is 6.72. The van der Waals surface area contributed by atoms with E-state index in [2.05, 4.69) is 0 Å². The summed E-state index contributed by atoms with van der Waals surface area (Å²) in [7, 11) is 0. The number of hydrogen-bond donors (Lipinski definition) is 2. The van der Waals surface area contributed by atoms with E-state index in [1.807, 2.05) is 18.4 Å². The van der Waals surface area contributed by atoms with Crippen molar-refractivity contribution in [1.82, 2.24) is 0 Å². The molecule has 1 heterocycles. The van der Waals surface area contributed by atoms with E-state index in [1.54, 1.807) is 6.92 Å². The zero-order chi connectivity index (χ0) is 14.2. The lowest BCUT2D eigenvalue weighted by molar-refractivity contribution is 0.420. The van der Waals surface area contributed by atoms with Crippen molar-refractivity contribution in [3.05, 3.63) is 15.4 Å². The zero-order valence-electron chi connectivity index (χ0n) is 10.0. The second kappa shape index (κ2) is 5.30. The van der Waals surface area contributed by atoms with Crippen LogP contribution in [0.25, 0.3) is 0 Å². The Kier molecular flexibility index (Phi) is 3.91. The molecule has 19 heavy (non-hydrogen) atoms. The second-order valence-electron chi connectivity index (χ2n) is 3.60. The number of aromatic hydroxyl groups is 2. The minimum Gasteiger partial charge on any atom is -0.506 e. The maximum absolute atomic E-state index is 10.2. The van der Waals surface area contributed by atoms with E-state index < -0.39 is 0 Å². The average Bonchev–Trinajstić information content (AvgIpc) is 2.84. The van der Waals surface area contributed by atoms with Crippen LogP contribution in [0.2, 0.25) is 0 Å². The molecule has 7 heteroatoms. The SMILES string of the molecule is CSc1c(C)c(O)c2c(c1O)SC(=C(C#N)C#N)S2. The van der Waals surface area contributed by atoms with E-state index in [0.29, 0.717) is 24.5 Å². The molecular weight excluding hydrogens is 300 g/mol. The van der Waals surface area contributed by atoms with E-state index in [9.17, 15) is 10.2 Å². The number of benzene rings is 1. The first kappa shape index (κ1) is 14.0. The number of allylic oxidation sites excluding steroid dienone is 1. The predicted octanol–water partition coefficient (Wildman–Crippen LogP) is 3.58. The van der Waals surface area contributed by atoms with Gasteiger partial charge < -0.3 is 10.2 Å². The number of rotatable bonds is 1. The Bertz CT molecular complexity index is 668. The molecule has 96 valence electrons. The zero-order valence-corrected chi connectivity index (χ0v) is 12.5. The molecular formula is C12H8N2O2S3. The molecule has 0 spiro atoms. The molecule has 1 aliphatic rings. The first-order valence-corrected chi connectivity index (χ1v) is 7.93. The van der Waals surface area contributed by atoms with Crippen LogP contribution in [0.15, 0.2) is 24.5 Å². The summed E-state index contributed by atoms with van der Waals surface area (Å²) in [6.45, 7) is 1.73. The fourth-order valence-electron chi connectivity index (χ4n) is 1.64. The molecule has 0 aromatic heterocycles. The first-order valence-electron chi connectivity index (χ1n) is 5.07. The number of thioether (sulfide) groups is 3. The fourth-order valence-corrected chi connectivity index (χ4v) is 4.90. The van der Waals surface area contributed by atoms with Gasteiger partial charge in [0.25, 0.3) is 0 Å². The van der Waals surface area contributed by atoms with Crippen LogP contribution >= 0.6 is 35.3 Å². The average molecular weight is 308 g/mol. The molecule has 0 unspecified atom stereocenters. The van der Waals surface area contributed by atoms with Crippen molar-refractivity contribution >= 4 is 35.3 Å². The monoisotopic (exact) mass is 308 g/mol. The highest BCUT2D eigenvalue weighted by molar-refractivity contribution is 8.24. The van der Waals surface area contributed by atoms with Gasteiger partial charge in [-0.05, 0) is 13.2 Å². The van der Waals surface area contributed by atoms with Crippen molar-refractivity contribution in [3.63, 3.8) is 0 Å². The van der Waals surface area contributed by atoms with Crippen molar-refractivity contribution in [3.8, 4) is 23.6 Å². The molecule has 2 N–H and O–H groups in total. The number of nitrogens with zero attached hydrogens (tertiary/aromatic N) is 2. The molecule has 1 aliphatic heterocycles. The lowest BCUT2D eigenvalue weighted by atomic mass is 10.2. The van der Waals surface area contributed by atoms with Crippen molar-refractivity contribution in [1.29, 1.82) is 10.5 Å². The van der Waals surface area contributed by atoms with Gasteiger partial charge in [0.15, 0.2) is 0 Å². The Morgan fingerprint density at radius 1 is 1.11 bits per heavy atom. The lowest BCUT2D eigenvalue weighted by Crippen LogP contribution is -1.86. The topological polar surface area (TPSA) is 88.0 Å². The molecule has 0 saturated heterocycles. The van der Waals surface area contributed by atoms with E-state index in [4.69, 9.17) is 10.5 Å². The van der Waals surface area contributed by atoms with Gasteiger partial charge in [0, 0.05) is 5.56 Å². The van der Waals surface area contributed by atoms with Crippen molar-refractivity contribution in [2.45, 2.75) is 21.6 Å². The summed E-state index contributed by atoms with van der Waals surface area (Å²) in [5, 5.41) is 38.1. The van der Waals surface area contributed by atoms with Gasteiger partial charge in [-0.3, -0.25) is 0 Å². The molecule has 1 aromatic carbocycles. The number of phenolic OH excluding ortho intramolecular Hbond substituents is 2. The third kappa shape index (κ3) is 2.14. The molecule has 4 nitrogen and oxygen atoms in total. The van der Waals surface area contributed by atoms with Crippen LogP contribution in [0.5, 0.6) is 11.5 Å². The van der Waals surface area contributed by atoms with Gasteiger partial charge in [0.2, 0.25) is 0 Å². The first-order chi connectivity index (χ1) is 9.04. The third-order valence-corrected chi connectivity index (χ3v) is 6.09. The van der Waals surface area contributed by atoms with Crippen LogP contribution in [-0.2, 0) is 0 Å². The Hall–Kier alpha value is -1.41. The minimum atomic E-state index is -0.00615. The van der Waals surface area contributed by atoms with Crippen molar-refractivity contribution < 1.29 is 10.2 Å². The van der Waals surface area contributed by atoms with Crippen molar-refractivity contribution in [2.24, 2.45) is 0 Å². The van der Waals surface area contributed by atoms with Gasteiger partial charge in [-0.25, -0.2) is 0 Å². The number of hydrogen-bond acceptors (Lipinski definition) is 7. The van der Waals surface area contributed by atoms with Crippen LogP contribution in [0, 0.1) is 29.6 Å². The molecule has 2 rings (SSSR count). The molecule has 0 fully saturated rings. The Labute approximate surface area is 123 Å². The van der Waals surface area contributed by atoms with Crippen LogP contribution in [0.4, 0.5) is 0 Å². The van der Waals surface area contributed by atoms with Crippen LogP contribution in [0.3, 0.4) is 0 Å². The molecule has 0 radical (unpaired) electrons. The largest absolute Gasteiger partial charge is 0.506 e. The van der Waals surface area contributed by atoms with Crippen LogP contribution in [0.1, 0.15) is 5.56 Å². The Morgan fingerprint density at radius 3 is 2.11 bits per heavy atom. The quantitative estimate of drug-likeness (QED) is 0.465. The van der Waals surface area contributed by atoms with E-state index in [1.165, 1.54) is 11.8 Å². The third-order valence-electron chi connectivity index (χ3n) is 2.57.